The van der Waals surface area contributed by atoms with Crippen molar-refractivity contribution in [1.29, 1.82) is 0 Å². The first-order chi connectivity index (χ1) is 3.91. The minimum atomic E-state index is -0.556. The van der Waals surface area contributed by atoms with E-state index in [1.165, 1.54) is 25.7 Å². The normalized spacial score (nSPS) is 14.9. The van der Waals surface area contributed by atoms with Crippen LogP contribution in [0.4, 0.5) is 0 Å². The SMILES string of the molecule is [CH-]1CCCC1.[CH3-].[Cl][Ti][Cl]. The van der Waals surface area contributed by atoms with Crippen LogP contribution in [0, 0.1) is 13.8 Å². The van der Waals surface area contributed by atoms with Crippen LogP contribution in [0.1, 0.15) is 25.7 Å². The van der Waals surface area contributed by atoms with Crippen LogP contribution in [-0.4, -0.2) is 0 Å². The maximum atomic E-state index is 4.89. The van der Waals surface area contributed by atoms with Gasteiger partial charge in [0.1, 0.15) is 0 Å². The Morgan fingerprint density at radius 1 is 1.11 bits per heavy atom. The van der Waals surface area contributed by atoms with E-state index < -0.39 is 17.0 Å². The van der Waals surface area contributed by atoms with Gasteiger partial charge in [0.2, 0.25) is 0 Å². The molecule has 1 rings (SSSR count). The molecule has 0 spiro atoms. The van der Waals surface area contributed by atoms with Crippen LogP contribution in [0.3, 0.4) is 0 Å². The summed E-state index contributed by atoms with van der Waals surface area (Å²) in [5.74, 6) is 0. The summed E-state index contributed by atoms with van der Waals surface area (Å²) in [5.41, 5.74) is 0. The van der Waals surface area contributed by atoms with Gasteiger partial charge < -0.3 is 13.8 Å². The van der Waals surface area contributed by atoms with E-state index in [2.05, 4.69) is 6.42 Å². The third kappa shape index (κ3) is 12.5. The predicted molar refractivity (Wildman–Crippen MR) is 40.9 cm³/mol. The minimum absolute atomic E-state index is 0. The molecule has 0 heterocycles. The zero-order valence-corrected chi connectivity index (χ0v) is 8.74. The second-order valence-electron chi connectivity index (χ2n) is 1.64. The van der Waals surface area contributed by atoms with Crippen molar-refractivity contribution in [2.75, 3.05) is 0 Å². The van der Waals surface area contributed by atoms with Gasteiger partial charge in [-0.15, -0.1) is 0 Å². The molecule has 0 amide bonds. The Hall–Kier alpha value is 1.29. The predicted octanol–water partition coefficient (Wildman–Crippen LogP) is 3.59. The van der Waals surface area contributed by atoms with Gasteiger partial charge in [0.05, 0.1) is 0 Å². The van der Waals surface area contributed by atoms with Gasteiger partial charge in [-0.2, -0.15) is 12.8 Å². The van der Waals surface area contributed by atoms with Gasteiger partial charge in [0.15, 0.2) is 0 Å². The molecule has 0 bridgehead atoms. The second-order valence-corrected chi connectivity index (χ2v) is 4.22. The molecular weight excluding hydrogens is 191 g/mol. The van der Waals surface area contributed by atoms with Crippen LogP contribution >= 0.6 is 18.6 Å². The topological polar surface area (TPSA) is 0 Å². The Morgan fingerprint density at radius 3 is 1.56 bits per heavy atom. The molecule has 0 aromatic rings. The van der Waals surface area contributed by atoms with Crippen LogP contribution in [-0.2, 0) is 17.0 Å². The Morgan fingerprint density at radius 2 is 1.44 bits per heavy atom. The van der Waals surface area contributed by atoms with Crippen molar-refractivity contribution in [3.05, 3.63) is 13.8 Å². The van der Waals surface area contributed by atoms with Crippen LogP contribution in [0.5, 0.6) is 0 Å². The molecule has 3 heteroatoms. The van der Waals surface area contributed by atoms with Gasteiger partial charge in [0.25, 0.3) is 0 Å². The molecule has 0 atom stereocenters. The van der Waals surface area contributed by atoms with Crippen molar-refractivity contribution in [2.45, 2.75) is 25.7 Å². The molecule has 0 saturated heterocycles. The van der Waals surface area contributed by atoms with Crippen molar-refractivity contribution in [1.82, 2.24) is 0 Å². The van der Waals surface area contributed by atoms with E-state index in [0.29, 0.717) is 0 Å². The van der Waals surface area contributed by atoms with E-state index in [1.807, 2.05) is 0 Å². The van der Waals surface area contributed by atoms with Gasteiger partial charge >= 0.3 is 35.6 Å². The standard InChI is InChI=1S/C5H9.CH3.2ClH.Ti/c1-2-4-5-3-1;;;;/h1H,2-5H2;1H3;2*1H;/q2*-1;;;+2/p-2. The second kappa shape index (κ2) is 12.0. The van der Waals surface area contributed by atoms with Crippen molar-refractivity contribution < 1.29 is 17.0 Å². The fourth-order valence-electron chi connectivity index (χ4n) is 0.722. The van der Waals surface area contributed by atoms with Gasteiger partial charge in [0, 0.05) is 0 Å². The summed E-state index contributed by atoms with van der Waals surface area (Å²) in [7, 11) is 9.78. The van der Waals surface area contributed by atoms with E-state index in [0.717, 1.165) is 0 Å². The molecule has 1 fully saturated rings. The monoisotopic (exact) mass is 202 g/mol. The summed E-state index contributed by atoms with van der Waals surface area (Å²) in [6.45, 7) is 0. The molecule has 0 nitrogen and oxygen atoms in total. The summed E-state index contributed by atoms with van der Waals surface area (Å²) in [4.78, 5) is 0. The van der Waals surface area contributed by atoms with E-state index in [-0.39, 0.29) is 7.43 Å². The average molecular weight is 203 g/mol. The first kappa shape index (κ1) is 12.9. The Balaban J connectivity index is 0. The van der Waals surface area contributed by atoms with Gasteiger partial charge in [-0.25, -0.2) is 0 Å². The molecule has 0 aliphatic heterocycles. The molecule has 0 aromatic carbocycles. The molecular formula is C6H12Cl2Ti-2. The van der Waals surface area contributed by atoms with Crippen molar-refractivity contribution in [3.8, 4) is 0 Å². The summed E-state index contributed by atoms with van der Waals surface area (Å²) in [6, 6.07) is 0. The first-order valence-electron chi connectivity index (χ1n) is 2.69. The Bertz CT molecular complexity index is 30.4. The van der Waals surface area contributed by atoms with Gasteiger partial charge in [-0.05, 0) is 0 Å². The zero-order valence-electron chi connectivity index (χ0n) is 5.66. The molecule has 56 valence electrons. The molecule has 0 aromatic heterocycles. The molecule has 1 aliphatic carbocycles. The van der Waals surface area contributed by atoms with Crippen molar-refractivity contribution in [3.63, 3.8) is 0 Å². The molecule has 0 unspecified atom stereocenters. The molecule has 1 saturated carbocycles. The van der Waals surface area contributed by atoms with Crippen LogP contribution in [0.25, 0.3) is 0 Å². The number of rotatable bonds is 0. The average Bonchev–Trinajstić information content (AvgIpc) is 2.17. The molecule has 0 N–H and O–H groups in total. The van der Waals surface area contributed by atoms with Crippen LogP contribution in [0.2, 0.25) is 0 Å². The van der Waals surface area contributed by atoms with E-state index in [4.69, 9.17) is 18.6 Å². The Kier molecular flexibility index (Phi) is 17.3. The Labute approximate surface area is 75.0 Å². The summed E-state index contributed by atoms with van der Waals surface area (Å²) in [5, 5.41) is 0. The summed E-state index contributed by atoms with van der Waals surface area (Å²) < 4.78 is 0. The van der Waals surface area contributed by atoms with Crippen LogP contribution < -0.4 is 0 Å². The third-order valence-corrected chi connectivity index (χ3v) is 1.07. The number of hydrogen-bond acceptors (Lipinski definition) is 0. The van der Waals surface area contributed by atoms with Crippen LogP contribution in [0.15, 0.2) is 0 Å². The van der Waals surface area contributed by atoms with E-state index in [9.17, 15) is 0 Å². The molecule has 0 radical (unpaired) electrons. The number of hydrogen-bond donors (Lipinski definition) is 0. The summed E-state index contributed by atoms with van der Waals surface area (Å²) >= 11 is -0.556. The van der Waals surface area contributed by atoms with Gasteiger partial charge in [-0.1, -0.05) is 12.8 Å². The van der Waals surface area contributed by atoms with Gasteiger partial charge in [-0.3, -0.25) is 0 Å². The van der Waals surface area contributed by atoms with E-state index >= 15 is 0 Å². The summed E-state index contributed by atoms with van der Waals surface area (Å²) in [6.07, 6.45) is 8.00. The quantitative estimate of drug-likeness (QED) is 0.416. The fraction of sp³-hybridized carbons (Fsp3) is 0.667. The third-order valence-electron chi connectivity index (χ3n) is 1.07. The first-order valence-corrected chi connectivity index (χ1v) is 6.99. The molecule has 1 aliphatic rings. The fourth-order valence-corrected chi connectivity index (χ4v) is 0.722. The zero-order chi connectivity index (χ0) is 6.24. The number of halogens is 2. The molecule has 9 heavy (non-hydrogen) atoms. The van der Waals surface area contributed by atoms with E-state index in [1.54, 1.807) is 0 Å². The van der Waals surface area contributed by atoms with Crippen molar-refractivity contribution in [2.24, 2.45) is 0 Å². The maximum absolute atomic E-state index is 4.89. The van der Waals surface area contributed by atoms with Crippen molar-refractivity contribution >= 4 is 18.6 Å².